The van der Waals surface area contributed by atoms with Gasteiger partial charge in [-0.3, -0.25) is 4.79 Å². The van der Waals surface area contributed by atoms with E-state index in [1.54, 1.807) is 16.5 Å². The summed E-state index contributed by atoms with van der Waals surface area (Å²) in [6.45, 7) is 0.541. The summed E-state index contributed by atoms with van der Waals surface area (Å²) < 4.78 is 4.87. The molecule has 0 spiro atoms. The van der Waals surface area contributed by atoms with E-state index < -0.39 is 6.09 Å². The number of carbonyl (C=O) groups is 2. The lowest BCUT2D eigenvalue weighted by Gasteiger charge is -2.35. The van der Waals surface area contributed by atoms with E-state index in [1.807, 2.05) is 24.3 Å². The number of fused-ring (bicyclic) bond motifs is 1. The largest absolute Gasteiger partial charge is 0.453 e. The molecule has 2 heterocycles. The van der Waals surface area contributed by atoms with Crippen molar-refractivity contribution in [1.29, 1.82) is 0 Å². The van der Waals surface area contributed by atoms with Gasteiger partial charge in [0.2, 0.25) is 5.91 Å². The molecule has 0 aliphatic carbocycles. The van der Waals surface area contributed by atoms with E-state index in [2.05, 4.69) is 10.3 Å². The van der Waals surface area contributed by atoms with Gasteiger partial charge in [0.15, 0.2) is 5.13 Å². The summed E-state index contributed by atoms with van der Waals surface area (Å²) >= 11 is 1.36. The zero-order valence-corrected chi connectivity index (χ0v) is 13.5. The summed E-state index contributed by atoms with van der Waals surface area (Å²) in [6, 6.07) is 7.57. The number of methoxy groups -OCH3 is 1. The Balaban J connectivity index is 1.82. The molecule has 0 saturated heterocycles. The molecule has 0 radical (unpaired) electrons. The molecule has 1 N–H and O–H groups in total. The van der Waals surface area contributed by atoms with Crippen molar-refractivity contribution in [2.24, 2.45) is 0 Å². The van der Waals surface area contributed by atoms with Gasteiger partial charge in [0.25, 0.3) is 0 Å². The van der Waals surface area contributed by atoms with Gasteiger partial charge in [-0.25, -0.2) is 9.78 Å². The SMILES string of the molecule is COC(=O)N1CCc2ccccc2C1CC(=O)Nc1nccs1. The Kier molecular flexibility index (Phi) is 4.57. The predicted molar refractivity (Wildman–Crippen MR) is 87.4 cm³/mol. The van der Waals surface area contributed by atoms with Crippen LogP contribution in [0.25, 0.3) is 0 Å². The molecule has 0 bridgehead atoms. The molecule has 0 saturated carbocycles. The van der Waals surface area contributed by atoms with E-state index in [0.29, 0.717) is 11.7 Å². The average Bonchev–Trinajstić information content (AvgIpc) is 3.07. The van der Waals surface area contributed by atoms with Crippen LogP contribution >= 0.6 is 11.3 Å². The summed E-state index contributed by atoms with van der Waals surface area (Å²) in [4.78, 5) is 30.0. The molecule has 2 amide bonds. The number of nitrogens with one attached hydrogen (secondary N) is 1. The van der Waals surface area contributed by atoms with Gasteiger partial charge in [-0.05, 0) is 17.5 Å². The predicted octanol–water partition coefficient (Wildman–Crippen LogP) is 2.84. The van der Waals surface area contributed by atoms with Crippen LogP contribution in [0.3, 0.4) is 0 Å². The highest BCUT2D eigenvalue weighted by Crippen LogP contribution is 2.33. The number of aromatic nitrogens is 1. The van der Waals surface area contributed by atoms with Gasteiger partial charge in [-0.2, -0.15) is 0 Å². The van der Waals surface area contributed by atoms with Crippen molar-refractivity contribution in [2.75, 3.05) is 19.0 Å². The average molecular weight is 331 g/mol. The fourth-order valence-corrected chi connectivity index (χ4v) is 3.38. The van der Waals surface area contributed by atoms with E-state index in [1.165, 1.54) is 24.0 Å². The topological polar surface area (TPSA) is 71.5 Å². The molecule has 1 atom stereocenters. The second-order valence-corrected chi connectivity index (χ2v) is 6.11. The number of ether oxygens (including phenoxy) is 1. The van der Waals surface area contributed by atoms with Gasteiger partial charge in [0.1, 0.15) is 0 Å². The van der Waals surface area contributed by atoms with Gasteiger partial charge in [-0.1, -0.05) is 24.3 Å². The molecule has 7 heteroatoms. The summed E-state index contributed by atoms with van der Waals surface area (Å²) in [5.41, 5.74) is 2.16. The van der Waals surface area contributed by atoms with Gasteiger partial charge >= 0.3 is 6.09 Å². The smallest absolute Gasteiger partial charge is 0.410 e. The number of benzene rings is 1. The van der Waals surface area contributed by atoms with E-state index in [0.717, 1.165) is 12.0 Å². The summed E-state index contributed by atoms with van der Waals surface area (Å²) in [7, 11) is 1.36. The first-order valence-corrected chi connectivity index (χ1v) is 8.18. The van der Waals surface area contributed by atoms with Crippen LogP contribution in [-0.2, 0) is 16.0 Å². The van der Waals surface area contributed by atoms with Crippen LogP contribution in [0.1, 0.15) is 23.6 Å². The summed E-state index contributed by atoms with van der Waals surface area (Å²) in [6.07, 6.45) is 2.16. The molecule has 1 aliphatic rings. The van der Waals surface area contributed by atoms with Crippen LogP contribution in [-0.4, -0.2) is 35.5 Å². The molecule has 0 fully saturated rings. The third kappa shape index (κ3) is 3.34. The monoisotopic (exact) mass is 331 g/mol. The van der Waals surface area contributed by atoms with Crippen LogP contribution in [0.4, 0.5) is 9.93 Å². The molecule has 1 aromatic heterocycles. The maximum atomic E-state index is 12.3. The maximum absolute atomic E-state index is 12.3. The lowest BCUT2D eigenvalue weighted by atomic mass is 9.91. The third-order valence-electron chi connectivity index (χ3n) is 3.88. The van der Waals surface area contributed by atoms with E-state index in [-0.39, 0.29) is 18.4 Å². The second kappa shape index (κ2) is 6.78. The van der Waals surface area contributed by atoms with Crippen molar-refractivity contribution < 1.29 is 14.3 Å². The van der Waals surface area contributed by atoms with Crippen molar-refractivity contribution in [1.82, 2.24) is 9.88 Å². The van der Waals surface area contributed by atoms with Crippen LogP contribution in [0.15, 0.2) is 35.8 Å². The number of hydrogen-bond acceptors (Lipinski definition) is 5. The van der Waals surface area contributed by atoms with Gasteiger partial charge in [0.05, 0.1) is 19.6 Å². The standard InChI is InChI=1S/C16H17N3O3S/c1-22-16(21)19-8-6-11-4-2-3-5-12(11)13(19)10-14(20)18-15-17-7-9-23-15/h2-5,7,9,13H,6,8,10H2,1H3,(H,17,18,20). The molecule has 1 aromatic carbocycles. The highest BCUT2D eigenvalue weighted by atomic mass is 32.1. The number of hydrogen-bond donors (Lipinski definition) is 1. The zero-order chi connectivity index (χ0) is 16.2. The van der Waals surface area contributed by atoms with Crippen LogP contribution in [0.5, 0.6) is 0 Å². The van der Waals surface area contributed by atoms with Crippen molar-refractivity contribution in [2.45, 2.75) is 18.9 Å². The second-order valence-electron chi connectivity index (χ2n) is 5.22. The molecule has 6 nitrogen and oxygen atoms in total. The van der Waals surface area contributed by atoms with Gasteiger partial charge in [-0.15, -0.1) is 11.3 Å². The Morgan fingerprint density at radius 2 is 2.26 bits per heavy atom. The third-order valence-corrected chi connectivity index (χ3v) is 4.57. The first-order valence-electron chi connectivity index (χ1n) is 7.31. The quantitative estimate of drug-likeness (QED) is 0.939. The normalized spacial score (nSPS) is 16.6. The van der Waals surface area contributed by atoms with E-state index in [4.69, 9.17) is 4.74 Å². The molecule has 1 unspecified atom stereocenters. The Bertz CT molecular complexity index is 702. The molecule has 1 aliphatic heterocycles. The number of anilines is 1. The molecule has 3 rings (SSSR count). The number of nitrogens with zero attached hydrogens (tertiary/aromatic N) is 2. The highest BCUT2D eigenvalue weighted by molar-refractivity contribution is 7.13. The fraction of sp³-hybridized carbons (Fsp3) is 0.312. The molecule has 23 heavy (non-hydrogen) atoms. The van der Waals surface area contributed by atoms with Crippen molar-refractivity contribution in [3.05, 3.63) is 47.0 Å². The minimum Gasteiger partial charge on any atom is -0.453 e. The minimum atomic E-state index is -0.411. The minimum absolute atomic E-state index is 0.171. The summed E-state index contributed by atoms with van der Waals surface area (Å²) in [5, 5.41) is 5.12. The lowest BCUT2D eigenvalue weighted by molar-refractivity contribution is -0.117. The number of thiazole rings is 1. The van der Waals surface area contributed by atoms with E-state index >= 15 is 0 Å². The maximum Gasteiger partial charge on any atom is 0.410 e. The molecular weight excluding hydrogens is 314 g/mol. The highest BCUT2D eigenvalue weighted by Gasteiger charge is 2.32. The Hall–Kier alpha value is -2.41. The van der Waals surface area contributed by atoms with Crippen LogP contribution in [0, 0.1) is 0 Å². The lowest BCUT2D eigenvalue weighted by Crippen LogP contribution is -2.41. The number of rotatable bonds is 3. The van der Waals surface area contributed by atoms with Crippen molar-refractivity contribution >= 4 is 28.5 Å². The molecule has 120 valence electrons. The first-order chi connectivity index (χ1) is 11.2. The molecular formula is C16H17N3O3S. The van der Waals surface area contributed by atoms with Gasteiger partial charge < -0.3 is 15.0 Å². The Labute approximate surface area is 138 Å². The summed E-state index contributed by atoms with van der Waals surface area (Å²) in [5.74, 6) is -0.171. The Morgan fingerprint density at radius 1 is 1.43 bits per heavy atom. The number of carbonyl (C=O) groups excluding carboxylic acids is 2. The zero-order valence-electron chi connectivity index (χ0n) is 12.7. The molecule has 2 aromatic rings. The first kappa shape index (κ1) is 15.5. The van der Waals surface area contributed by atoms with Crippen LogP contribution in [0.2, 0.25) is 0 Å². The van der Waals surface area contributed by atoms with Crippen LogP contribution < -0.4 is 5.32 Å². The van der Waals surface area contributed by atoms with Gasteiger partial charge in [0, 0.05) is 18.1 Å². The van der Waals surface area contributed by atoms with E-state index in [9.17, 15) is 9.59 Å². The van der Waals surface area contributed by atoms with Crippen molar-refractivity contribution in [3.63, 3.8) is 0 Å². The van der Waals surface area contributed by atoms with Crippen molar-refractivity contribution in [3.8, 4) is 0 Å². The number of amides is 2. The fourth-order valence-electron chi connectivity index (χ4n) is 2.84. The Morgan fingerprint density at radius 3 is 3.00 bits per heavy atom.